The van der Waals surface area contributed by atoms with E-state index < -0.39 is 17.9 Å². The van der Waals surface area contributed by atoms with Crippen molar-refractivity contribution < 1.29 is 19.1 Å². The smallest absolute Gasteiger partial charge is 0.326 e. The minimum Gasteiger partial charge on any atom is -0.480 e. The minimum atomic E-state index is -1.07. The van der Waals surface area contributed by atoms with Gasteiger partial charge in [-0.05, 0) is 24.6 Å². The Bertz CT molecular complexity index is 684. The number of rotatable bonds is 5. The highest BCUT2D eigenvalue weighted by molar-refractivity contribution is 7.09. The number of aliphatic carboxylic acids is 1. The summed E-state index contributed by atoms with van der Waals surface area (Å²) in [5.41, 5.74) is 1.11. The van der Waals surface area contributed by atoms with Crippen LogP contribution in [0.15, 0.2) is 29.6 Å². The van der Waals surface area contributed by atoms with Crippen molar-refractivity contribution in [3.63, 3.8) is 0 Å². The van der Waals surface area contributed by atoms with Gasteiger partial charge in [0.15, 0.2) is 0 Å². The number of nitrogens with zero attached hydrogens (tertiary/aromatic N) is 2. The van der Waals surface area contributed by atoms with Gasteiger partial charge in [0.1, 0.15) is 17.6 Å². The van der Waals surface area contributed by atoms with Crippen molar-refractivity contribution >= 4 is 23.2 Å². The van der Waals surface area contributed by atoms with Crippen molar-refractivity contribution in [2.24, 2.45) is 0 Å². The highest BCUT2D eigenvalue weighted by Gasteiger charge is 2.24. The molecule has 116 valence electrons. The van der Waals surface area contributed by atoms with Crippen LogP contribution in [0.3, 0.4) is 0 Å². The number of carbonyl (C=O) groups is 2. The largest absolute Gasteiger partial charge is 0.480 e. The minimum absolute atomic E-state index is 0.220. The van der Waals surface area contributed by atoms with E-state index in [2.05, 4.69) is 4.98 Å². The van der Waals surface area contributed by atoms with Gasteiger partial charge in [-0.25, -0.2) is 14.2 Å². The van der Waals surface area contributed by atoms with Gasteiger partial charge in [0, 0.05) is 18.8 Å². The molecule has 0 aliphatic heterocycles. The van der Waals surface area contributed by atoms with Crippen molar-refractivity contribution in [2.45, 2.75) is 19.4 Å². The van der Waals surface area contributed by atoms with E-state index in [1.807, 2.05) is 0 Å². The van der Waals surface area contributed by atoms with E-state index in [1.165, 1.54) is 37.4 Å². The molecule has 2 rings (SSSR count). The maximum atomic E-state index is 12.9. The summed E-state index contributed by atoms with van der Waals surface area (Å²) in [6.45, 7) is 1.44. The topological polar surface area (TPSA) is 70.5 Å². The number of thiazole rings is 1. The zero-order chi connectivity index (χ0) is 16.3. The van der Waals surface area contributed by atoms with E-state index in [9.17, 15) is 14.0 Å². The fourth-order valence-corrected chi connectivity index (χ4v) is 2.59. The summed E-state index contributed by atoms with van der Waals surface area (Å²) in [7, 11) is 1.43. The third-order valence-electron chi connectivity index (χ3n) is 3.30. The SMILES string of the molecule is CC(C(=O)O)N(C)C(=O)c1csc(Cc2ccc(F)cc2)n1. The first kappa shape index (κ1) is 16.1. The predicted molar refractivity (Wildman–Crippen MR) is 80.5 cm³/mol. The van der Waals surface area contributed by atoms with Crippen molar-refractivity contribution in [3.8, 4) is 0 Å². The Kier molecular flexibility index (Phi) is 4.87. The molecule has 0 saturated carbocycles. The van der Waals surface area contributed by atoms with E-state index in [4.69, 9.17) is 5.11 Å². The second-order valence-corrected chi connectivity index (χ2v) is 5.80. The van der Waals surface area contributed by atoms with Gasteiger partial charge < -0.3 is 10.0 Å². The van der Waals surface area contributed by atoms with Crippen molar-refractivity contribution in [1.29, 1.82) is 0 Å². The Morgan fingerprint density at radius 1 is 1.36 bits per heavy atom. The number of amides is 1. The van der Waals surface area contributed by atoms with Crippen molar-refractivity contribution in [2.75, 3.05) is 7.05 Å². The van der Waals surface area contributed by atoms with E-state index in [1.54, 1.807) is 17.5 Å². The van der Waals surface area contributed by atoms with Gasteiger partial charge in [0.05, 0.1) is 5.01 Å². The molecule has 0 spiro atoms. The number of benzene rings is 1. The lowest BCUT2D eigenvalue weighted by Gasteiger charge is -2.20. The normalized spacial score (nSPS) is 12.0. The van der Waals surface area contributed by atoms with Gasteiger partial charge in [-0.1, -0.05) is 12.1 Å². The Morgan fingerprint density at radius 2 is 2.00 bits per heavy atom. The molecule has 0 radical (unpaired) electrons. The van der Waals surface area contributed by atoms with Crippen LogP contribution >= 0.6 is 11.3 Å². The van der Waals surface area contributed by atoms with Crippen LogP contribution in [-0.2, 0) is 11.2 Å². The Morgan fingerprint density at radius 3 is 2.59 bits per heavy atom. The highest BCUT2D eigenvalue weighted by Crippen LogP contribution is 2.17. The molecule has 0 aliphatic rings. The van der Waals surface area contributed by atoms with E-state index >= 15 is 0 Å². The summed E-state index contributed by atoms with van der Waals surface area (Å²) in [6, 6.07) is 5.15. The van der Waals surface area contributed by atoms with Gasteiger partial charge >= 0.3 is 5.97 Å². The molecule has 0 aliphatic carbocycles. The monoisotopic (exact) mass is 322 g/mol. The summed E-state index contributed by atoms with van der Waals surface area (Å²) >= 11 is 1.31. The molecule has 1 N–H and O–H groups in total. The molecular formula is C15H15FN2O3S. The zero-order valence-corrected chi connectivity index (χ0v) is 12.9. The van der Waals surface area contributed by atoms with E-state index in [-0.39, 0.29) is 11.5 Å². The van der Waals surface area contributed by atoms with Gasteiger partial charge in [-0.15, -0.1) is 11.3 Å². The molecule has 0 saturated heterocycles. The Labute approximate surface area is 131 Å². The van der Waals surface area contributed by atoms with E-state index in [0.717, 1.165) is 10.5 Å². The van der Waals surface area contributed by atoms with Crippen LogP contribution in [-0.4, -0.2) is 40.0 Å². The van der Waals surface area contributed by atoms with Gasteiger partial charge in [0.25, 0.3) is 5.91 Å². The van der Waals surface area contributed by atoms with Gasteiger partial charge in [0.2, 0.25) is 0 Å². The van der Waals surface area contributed by atoms with Crippen LogP contribution in [0, 0.1) is 5.82 Å². The van der Waals surface area contributed by atoms with Gasteiger partial charge in [-0.2, -0.15) is 0 Å². The highest BCUT2D eigenvalue weighted by atomic mass is 32.1. The number of likely N-dealkylation sites (N-methyl/N-ethyl adjacent to an activating group) is 1. The quantitative estimate of drug-likeness (QED) is 0.918. The number of halogens is 1. The van der Waals surface area contributed by atoms with Crippen LogP contribution in [0.5, 0.6) is 0 Å². The summed E-state index contributed by atoms with van der Waals surface area (Å²) in [5, 5.41) is 11.2. The predicted octanol–water partition coefficient (Wildman–Crippen LogP) is 2.42. The molecule has 7 heteroatoms. The molecule has 2 aromatic rings. The van der Waals surface area contributed by atoms with E-state index in [0.29, 0.717) is 11.4 Å². The molecule has 0 fully saturated rings. The van der Waals surface area contributed by atoms with Crippen molar-refractivity contribution in [1.82, 2.24) is 9.88 Å². The van der Waals surface area contributed by atoms with Gasteiger partial charge in [-0.3, -0.25) is 4.79 Å². The van der Waals surface area contributed by atoms with Crippen LogP contribution in [0.4, 0.5) is 4.39 Å². The van der Waals surface area contributed by atoms with Crippen LogP contribution in [0.2, 0.25) is 0 Å². The third kappa shape index (κ3) is 3.67. The summed E-state index contributed by atoms with van der Waals surface area (Å²) in [6.07, 6.45) is 0.496. The lowest BCUT2D eigenvalue weighted by Crippen LogP contribution is -2.40. The number of hydrogen-bond acceptors (Lipinski definition) is 4. The number of hydrogen-bond donors (Lipinski definition) is 1. The molecule has 1 aromatic carbocycles. The molecule has 22 heavy (non-hydrogen) atoms. The van der Waals surface area contributed by atoms with Crippen LogP contribution < -0.4 is 0 Å². The van der Waals surface area contributed by atoms with Crippen LogP contribution in [0.1, 0.15) is 28.0 Å². The maximum Gasteiger partial charge on any atom is 0.326 e. The summed E-state index contributed by atoms with van der Waals surface area (Å²) < 4.78 is 12.9. The number of aromatic nitrogens is 1. The standard InChI is InChI=1S/C15H15FN2O3S/c1-9(15(20)21)18(2)14(19)12-8-22-13(17-12)7-10-3-5-11(16)6-4-10/h3-6,8-9H,7H2,1-2H3,(H,20,21). The van der Waals surface area contributed by atoms with Crippen LogP contribution in [0.25, 0.3) is 0 Å². The second-order valence-electron chi connectivity index (χ2n) is 4.86. The molecule has 1 heterocycles. The molecule has 1 amide bonds. The lowest BCUT2D eigenvalue weighted by atomic mass is 10.1. The first-order valence-corrected chi connectivity index (χ1v) is 7.45. The molecule has 5 nitrogen and oxygen atoms in total. The Hall–Kier alpha value is -2.28. The lowest BCUT2D eigenvalue weighted by molar-refractivity contribution is -0.141. The molecule has 1 aromatic heterocycles. The number of carboxylic acid groups (broad SMARTS) is 1. The third-order valence-corrected chi connectivity index (χ3v) is 4.15. The average molecular weight is 322 g/mol. The number of carbonyl (C=O) groups excluding carboxylic acids is 1. The Balaban J connectivity index is 2.09. The summed E-state index contributed by atoms with van der Waals surface area (Å²) in [4.78, 5) is 28.4. The summed E-state index contributed by atoms with van der Waals surface area (Å²) in [5.74, 6) is -1.81. The average Bonchev–Trinajstić information content (AvgIpc) is 2.95. The zero-order valence-electron chi connectivity index (χ0n) is 12.1. The maximum absolute atomic E-state index is 12.9. The number of carboxylic acids is 1. The molecular weight excluding hydrogens is 307 g/mol. The molecule has 1 atom stereocenters. The fourth-order valence-electron chi connectivity index (χ4n) is 1.79. The molecule has 0 bridgehead atoms. The fraction of sp³-hybridized carbons (Fsp3) is 0.267. The van der Waals surface area contributed by atoms with Crippen molar-refractivity contribution in [3.05, 3.63) is 51.7 Å². The molecule has 1 unspecified atom stereocenters. The first-order chi connectivity index (χ1) is 10.4. The second kappa shape index (κ2) is 6.65. The first-order valence-electron chi connectivity index (χ1n) is 6.57.